The van der Waals surface area contributed by atoms with Crippen molar-refractivity contribution in [1.82, 2.24) is 4.90 Å². The van der Waals surface area contributed by atoms with Crippen molar-refractivity contribution in [3.05, 3.63) is 0 Å². The number of esters is 1. The molecule has 1 aliphatic heterocycles. The van der Waals surface area contributed by atoms with E-state index in [0.717, 1.165) is 39.0 Å². The van der Waals surface area contributed by atoms with Crippen molar-refractivity contribution >= 4 is 18.4 Å². The van der Waals surface area contributed by atoms with Crippen LogP contribution in [-0.4, -0.2) is 44.2 Å². The molecule has 17 heavy (non-hydrogen) atoms. The second kappa shape index (κ2) is 7.19. The first-order chi connectivity index (χ1) is 7.49. The van der Waals surface area contributed by atoms with Gasteiger partial charge in [-0.2, -0.15) is 0 Å². The maximum Gasteiger partial charge on any atom is 0.312 e. The van der Waals surface area contributed by atoms with Gasteiger partial charge in [0.15, 0.2) is 0 Å². The fourth-order valence-corrected chi connectivity index (χ4v) is 2.28. The fourth-order valence-electron chi connectivity index (χ4n) is 2.28. The quantitative estimate of drug-likeness (QED) is 0.778. The SMILES string of the molecule is COC(=O)C(C)(C)CN1CCC(CN)CC1.Cl. The van der Waals surface area contributed by atoms with Crippen LogP contribution in [0.2, 0.25) is 0 Å². The molecule has 0 radical (unpaired) electrons. The van der Waals surface area contributed by atoms with E-state index in [0.29, 0.717) is 5.92 Å². The van der Waals surface area contributed by atoms with E-state index in [1.807, 2.05) is 13.8 Å². The van der Waals surface area contributed by atoms with Gasteiger partial charge in [0.1, 0.15) is 0 Å². The smallest absolute Gasteiger partial charge is 0.312 e. The van der Waals surface area contributed by atoms with Crippen molar-refractivity contribution in [2.45, 2.75) is 26.7 Å². The van der Waals surface area contributed by atoms with E-state index in [9.17, 15) is 4.79 Å². The Bertz CT molecular complexity index is 239. The van der Waals surface area contributed by atoms with Crippen LogP contribution in [0.1, 0.15) is 26.7 Å². The summed E-state index contributed by atoms with van der Waals surface area (Å²) in [7, 11) is 1.45. The summed E-state index contributed by atoms with van der Waals surface area (Å²) < 4.78 is 4.81. The number of hydrogen-bond acceptors (Lipinski definition) is 4. The van der Waals surface area contributed by atoms with Gasteiger partial charge in [0.2, 0.25) is 0 Å². The number of methoxy groups -OCH3 is 1. The molecule has 0 aromatic rings. The predicted octanol–water partition coefficient (Wildman–Crippen LogP) is 1.28. The number of nitrogens with two attached hydrogens (primary N) is 1. The molecule has 0 aliphatic carbocycles. The van der Waals surface area contributed by atoms with Crippen LogP contribution in [0, 0.1) is 11.3 Å². The highest BCUT2D eigenvalue weighted by atomic mass is 35.5. The standard InChI is InChI=1S/C12H24N2O2.ClH/c1-12(2,11(15)16-3)9-14-6-4-10(8-13)5-7-14;/h10H,4-9,13H2,1-3H3;1H. The van der Waals surface area contributed by atoms with Crippen LogP contribution in [0.4, 0.5) is 0 Å². The van der Waals surface area contributed by atoms with Crippen molar-refractivity contribution in [3.8, 4) is 0 Å². The van der Waals surface area contributed by atoms with Gasteiger partial charge in [-0.25, -0.2) is 0 Å². The van der Waals surface area contributed by atoms with Crippen LogP contribution in [0.5, 0.6) is 0 Å². The maximum absolute atomic E-state index is 11.6. The summed E-state index contributed by atoms with van der Waals surface area (Å²) in [6, 6.07) is 0. The third kappa shape index (κ3) is 4.82. The summed E-state index contributed by atoms with van der Waals surface area (Å²) in [5.74, 6) is 0.533. The lowest BCUT2D eigenvalue weighted by Crippen LogP contribution is -2.44. The lowest BCUT2D eigenvalue weighted by Gasteiger charge is -2.35. The highest BCUT2D eigenvalue weighted by Gasteiger charge is 2.32. The summed E-state index contributed by atoms with van der Waals surface area (Å²) >= 11 is 0. The Morgan fingerprint density at radius 2 is 1.94 bits per heavy atom. The second-order valence-corrected chi connectivity index (χ2v) is 5.33. The number of nitrogens with zero attached hydrogens (tertiary/aromatic N) is 1. The Labute approximate surface area is 110 Å². The molecular formula is C12H25ClN2O2. The Kier molecular flexibility index (Phi) is 7.05. The maximum atomic E-state index is 11.6. The molecule has 0 bridgehead atoms. The van der Waals surface area contributed by atoms with Gasteiger partial charge >= 0.3 is 5.97 Å². The second-order valence-electron chi connectivity index (χ2n) is 5.33. The zero-order valence-corrected chi connectivity index (χ0v) is 11.9. The van der Waals surface area contributed by atoms with E-state index < -0.39 is 5.41 Å². The van der Waals surface area contributed by atoms with Gasteiger partial charge in [-0.05, 0) is 52.2 Å². The van der Waals surface area contributed by atoms with Crippen LogP contribution in [0.3, 0.4) is 0 Å². The van der Waals surface area contributed by atoms with Crippen LogP contribution in [0.15, 0.2) is 0 Å². The molecule has 5 heteroatoms. The van der Waals surface area contributed by atoms with E-state index >= 15 is 0 Å². The fraction of sp³-hybridized carbons (Fsp3) is 0.917. The highest BCUT2D eigenvalue weighted by Crippen LogP contribution is 2.23. The molecule has 0 aromatic heterocycles. The van der Waals surface area contributed by atoms with E-state index in [4.69, 9.17) is 10.5 Å². The average Bonchev–Trinajstić information content (AvgIpc) is 2.28. The average molecular weight is 265 g/mol. The topological polar surface area (TPSA) is 55.6 Å². The lowest BCUT2D eigenvalue weighted by molar-refractivity contribution is -0.152. The Morgan fingerprint density at radius 3 is 2.35 bits per heavy atom. The zero-order chi connectivity index (χ0) is 12.2. The summed E-state index contributed by atoms with van der Waals surface area (Å²) in [5.41, 5.74) is 5.24. The number of carbonyl (C=O) groups is 1. The van der Waals surface area contributed by atoms with Crippen molar-refractivity contribution < 1.29 is 9.53 Å². The summed E-state index contributed by atoms with van der Waals surface area (Å²) in [6.07, 6.45) is 2.29. The van der Waals surface area contributed by atoms with Crippen LogP contribution in [0.25, 0.3) is 0 Å². The van der Waals surface area contributed by atoms with Gasteiger partial charge < -0.3 is 15.4 Å². The van der Waals surface area contributed by atoms with Gasteiger partial charge in [-0.15, -0.1) is 12.4 Å². The van der Waals surface area contributed by atoms with E-state index in [2.05, 4.69) is 4.90 Å². The molecule has 0 amide bonds. The first kappa shape index (κ1) is 16.7. The molecule has 2 N–H and O–H groups in total. The molecular weight excluding hydrogens is 240 g/mol. The third-order valence-corrected chi connectivity index (χ3v) is 3.40. The summed E-state index contributed by atoms with van der Waals surface area (Å²) in [5, 5.41) is 0. The van der Waals surface area contributed by atoms with Crippen LogP contribution >= 0.6 is 12.4 Å². The van der Waals surface area contributed by atoms with Gasteiger partial charge in [0.25, 0.3) is 0 Å². The van der Waals surface area contributed by atoms with Crippen molar-refractivity contribution in [3.63, 3.8) is 0 Å². The number of likely N-dealkylation sites (tertiary alicyclic amines) is 1. The summed E-state index contributed by atoms with van der Waals surface area (Å²) in [6.45, 7) is 7.53. The molecule has 4 nitrogen and oxygen atoms in total. The molecule has 1 aliphatic rings. The normalized spacial score (nSPS) is 18.6. The van der Waals surface area contributed by atoms with Crippen molar-refractivity contribution in [1.29, 1.82) is 0 Å². The lowest BCUT2D eigenvalue weighted by atomic mass is 9.90. The Morgan fingerprint density at radius 1 is 1.41 bits per heavy atom. The molecule has 1 saturated heterocycles. The predicted molar refractivity (Wildman–Crippen MR) is 71.3 cm³/mol. The number of carbonyl (C=O) groups excluding carboxylic acids is 1. The minimum absolute atomic E-state index is 0. The van der Waals surface area contributed by atoms with E-state index in [1.165, 1.54) is 7.11 Å². The third-order valence-electron chi connectivity index (χ3n) is 3.40. The van der Waals surface area contributed by atoms with Gasteiger partial charge in [0, 0.05) is 6.54 Å². The largest absolute Gasteiger partial charge is 0.469 e. The summed E-state index contributed by atoms with van der Waals surface area (Å²) in [4.78, 5) is 13.9. The molecule has 1 rings (SSSR count). The van der Waals surface area contributed by atoms with E-state index in [1.54, 1.807) is 0 Å². The van der Waals surface area contributed by atoms with Gasteiger partial charge in [-0.1, -0.05) is 0 Å². The first-order valence-electron chi connectivity index (χ1n) is 6.00. The van der Waals surface area contributed by atoms with Crippen molar-refractivity contribution in [2.75, 3.05) is 33.3 Å². The molecule has 1 fully saturated rings. The molecule has 1 heterocycles. The number of hydrogen-bond donors (Lipinski definition) is 1. The van der Waals surface area contributed by atoms with Crippen molar-refractivity contribution in [2.24, 2.45) is 17.1 Å². The molecule has 0 unspecified atom stereocenters. The molecule has 102 valence electrons. The molecule has 0 aromatic carbocycles. The van der Waals surface area contributed by atoms with Gasteiger partial charge in [0.05, 0.1) is 12.5 Å². The molecule has 0 saturated carbocycles. The minimum Gasteiger partial charge on any atom is -0.469 e. The highest BCUT2D eigenvalue weighted by molar-refractivity contribution is 5.85. The van der Waals surface area contributed by atoms with E-state index in [-0.39, 0.29) is 18.4 Å². The number of ether oxygens (including phenoxy) is 1. The zero-order valence-electron chi connectivity index (χ0n) is 11.1. The number of rotatable bonds is 4. The molecule has 0 atom stereocenters. The first-order valence-corrected chi connectivity index (χ1v) is 6.00. The molecule has 0 spiro atoms. The Balaban J connectivity index is 0.00000256. The van der Waals surface area contributed by atoms with Crippen LogP contribution in [-0.2, 0) is 9.53 Å². The number of piperidine rings is 1. The monoisotopic (exact) mass is 264 g/mol. The van der Waals surface area contributed by atoms with Crippen LogP contribution < -0.4 is 5.73 Å². The number of halogens is 1. The van der Waals surface area contributed by atoms with Gasteiger partial charge in [-0.3, -0.25) is 4.79 Å². The minimum atomic E-state index is -0.412. The Hall–Kier alpha value is -0.320.